The van der Waals surface area contributed by atoms with Gasteiger partial charge in [0.2, 0.25) is 5.91 Å². The molecule has 0 saturated heterocycles. The first-order chi connectivity index (χ1) is 9.01. The number of carbonyl (C=O) groups is 2. The highest BCUT2D eigenvalue weighted by atomic mass is 16.5. The van der Waals surface area contributed by atoms with Gasteiger partial charge in [-0.1, -0.05) is 26.0 Å². The SMILES string of the molecule is CNC(=O)Cc1ccc(NC(=O)OCC(C)C)cc1. The summed E-state index contributed by atoms with van der Waals surface area (Å²) >= 11 is 0. The van der Waals surface area contributed by atoms with Gasteiger partial charge >= 0.3 is 6.09 Å². The molecule has 0 bridgehead atoms. The molecule has 0 aliphatic carbocycles. The van der Waals surface area contributed by atoms with Gasteiger partial charge in [-0.05, 0) is 23.6 Å². The van der Waals surface area contributed by atoms with Crippen LogP contribution in [0.2, 0.25) is 0 Å². The number of hydrogen-bond acceptors (Lipinski definition) is 3. The van der Waals surface area contributed by atoms with Crippen LogP contribution in [-0.2, 0) is 16.0 Å². The molecule has 0 atom stereocenters. The standard InChI is InChI=1S/C14H20N2O3/c1-10(2)9-19-14(18)16-12-6-4-11(5-7-12)8-13(17)15-3/h4-7,10H,8-9H2,1-3H3,(H,15,17)(H,16,18). The van der Waals surface area contributed by atoms with E-state index in [9.17, 15) is 9.59 Å². The Morgan fingerprint density at radius 3 is 2.37 bits per heavy atom. The first-order valence-corrected chi connectivity index (χ1v) is 6.24. The minimum Gasteiger partial charge on any atom is -0.449 e. The minimum absolute atomic E-state index is 0.0444. The van der Waals surface area contributed by atoms with E-state index in [1.165, 1.54) is 0 Å². The molecule has 19 heavy (non-hydrogen) atoms. The van der Waals surface area contributed by atoms with Crippen LogP contribution < -0.4 is 10.6 Å². The molecule has 0 aromatic heterocycles. The van der Waals surface area contributed by atoms with Crippen LogP contribution in [0.3, 0.4) is 0 Å². The van der Waals surface area contributed by atoms with E-state index < -0.39 is 6.09 Å². The van der Waals surface area contributed by atoms with Crippen molar-refractivity contribution in [3.8, 4) is 0 Å². The minimum atomic E-state index is -0.465. The molecule has 2 amide bonds. The Labute approximate surface area is 113 Å². The first-order valence-electron chi connectivity index (χ1n) is 6.24. The monoisotopic (exact) mass is 264 g/mol. The normalized spacial score (nSPS) is 10.1. The number of carbonyl (C=O) groups excluding carboxylic acids is 2. The zero-order valence-electron chi connectivity index (χ0n) is 11.5. The van der Waals surface area contributed by atoms with Crippen LogP contribution >= 0.6 is 0 Å². The molecule has 0 fully saturated rings. The number of anilines is 1. The van der Waals surface area contributed by atoms with Crippen molar-refractivity contribution in [2.75, 3.05) is 19.0 Å². The Morgan fingerprint density at radius 2 is 1.84 bits per heavy atom. The van der Waals surface area contributed by atoms with Crippen LogP contribution in [-0.4, -0.2) is 25.7 Å². The second-order valence-corrected chi connectivity index (χ2v) is 4.66. The van der Waals surface area contributed by atoms with E-state index in [4.69, 9.17) is 4.74 Å². The Morgan fingerprint density at radius 1 is 1.21 bits per heavy atom. The molecule has 0 aliphatic rings. The second-order valence-electron chi connectivity index (χ2n) is 4.66. The van der Waals surface area contributed by atoms with Gasteiger partial charge in [-0.25, -0.2) is 4.79 Å². The quantitative estimate of drug-likeness (QED) is 0.856. The second kappa shape index (κ2) is 7.41. The fourth-order valence-electron chi connectivity index (χ4n) is 1.38. The summed E-state index contributed by atoms with van der Waals surface area (Å²) in [4.78, 5) is 22.6. The average molecular weight is 264 g/mol. The van der Waals surface area contributed by atoms with Crippen molar-refractivity contribution in [2.24, 2.45) is 5.92 Å². The lowest BCUT2D eigenvalue weighted by atomic mass is 10.1. The van der Waals surface area contributed by atoms with Crippen molar-refractivity contribution in [1.29, 1.82) is 0 Å². The Hall–Kier alpha value is -2.04. The molecule has 1 aromatic rings. The van der Waals surface area contributed by atoms with Crippen molar-refractivity contribution < 1.29 is 14.3 Å². The fraction of sp³-hybridized carbons (Fsp3) is 0.429. The van der Waals surface area contributed by atoms with E-state index in [0.29, 0.717) is 24.6 Å². The van der Waals surface area contributed by atoms with Crippen molar-refractivity contribution in [3.05, 3.63) is 29.8 Å². The summed E-state index contributed by atoms with van der Waals surface area (Å²) in [5.41, 5.74) is 1.54. The van der Waals surface area contributed by atoms with Crippen LogP contribution in [0.1, 0.15) is 19.4 Å². The maximum Gasteiger partial charge on any atom is 0.411 e. The molecule has 0 heterocycles. The number of hydrogen-bond donors (Lipinski definition) is 2. The van der Waals surface area contributed by atoms with Crippen LogP contribution in [0.15, 0.2) is 24.3 Å². The maximum absolute atomic E-state index is 11.4. The van der Waals surface area contributed by atoms with Crippen molar-refractivity contribution in [2.45, 2.75) is 20.3 Å². The van der Waals surface area contributed by atoms with Gasteiger partial charge in [0, 0.05) is 12.7 Å². The van der Waals surface area contributed by atoms with Crippen LogP contribution in [0.4, 0.5) is 10.5 Å². The molecule has 104 valence electrons. The molecule has 2 N–H and O–H groups in total. The van der Waals surface area contributed by atoms with Gasteiger partial charge in [0.25, 0.3) is 0 Å². The number of ether oxygens (including phenoxy) is 1. The molecule has 0 saturated carbocycles. The van der Waals surface area contributed by atoms with E-state index in [0.717, 1.165) is 5.56 Å². The summed E-state index contributed by atoms with van der Waals surface area (Å²) in [5, 5.41) is 5.19. The molecule has 0 unspecified atom stereocenters. The predicted octanol–water partition coefficient (Wildman–Crippen LogP) is 2.18. The van der Waals surface area contributed by atoms with Gasteiger partial charge in [0.1, 0.15) is 0 Å². The molecule has 1 rings (SSSR count). The van der Waals surface area contributed by atoms with E-state index in [-0.39, 0.29) is 5.91 Å². The molecule has 5 nitrogen and oxygen atoms in total. The highest BCUT2D eigenvalue weighted by Gasteiger charge is 2.05. The summed E-state index contributed by atoms with van der Waals surface area (Å²) in [5.74, 6) is 0.262. The van der Waals surface area contributed by atoms with Crippen molar-refractivity contribution in [3.63, 3.8) is 0 Å². The third kappa shape index (κ3) is 5.90. The zero-order valence-corrected chi connectivity index (χ0v) is 11.5. The average Bonchev–Trinajstić information content (AvgIpc) is 2.38. The zero-order chi connectivity index (χ0) is 14.3. The Bertz CT molecular complexity index is 427. The smallest absolute Gasteiger partial charge is 0.411 e. The highest BCUT2D eigenvalue weighted by molar-refractivity contribution is 5.84. The molecule has 1 aromatic carbocycles. The summed E-state index contributed by atoms with van der Waals surface area (Å²) in [7, 11) is 1.60. The highest BCUT2D eigenvalue weighted by Crippen LogP contribution is 2.10. The molecular formula is C14H20N2O3. The fourth-order valence-corrected chi connectivity index (χ4v) is 1.38. The summed E-state index contributed by atoms with van der Waals surface area (Å²) in [6.45, 7) is 4.34. The third-order valence-electron chi connectivity index (χ3n) is 2.39. The maximum atomic E-state index is 11.4. The largest absolute Gasteiger partial charge is 0.449 e. The van der Waals surface area contributed by atoms with Gasteiger partial charge < -0.3 is 10.1 Å². The topological polar surface area (TPSA) is 67.4 Å². The van der Waals surface area contributed by atoms with Gasteiger partial charge in [-0.2, -0.15) is 0 Å². The van der Waals surface area contributed by atoms with Gasteiger partial charge in [0.15, 0.2) is 0 Å². The van der Waals surface area contributed by atoms with Gasteiger partial charge in [-0.3, -0.25) is 10.1 Å². The van der Waals surface area contributed by atoms with Crippen molar-refractivity contribution in [1.82, 2.24) is 5.32 Å². The molecule has 0 aliphatic heterocycles. The summed E-state index contributed by atoms with van der Waals surface area (Å²) in [6.07, 6.45) is -0.137. The number of likely N-dealkylation sites (N-methyl/N-ethyl adjacent to an activating group) is 1. The van der Waals surface area contributed by atoms with Crippen LogP contribution in [0, 0.1) is 5.92 Å². The molecule has 0 spiro atoms. The lowest BCUT2D eigenvalue weighted by Gasteiger charge is -2.09. The molecule has 5 heteroatoms. The lowest BCUT2D eigenvalue weighted by Crippen LogP contribution is -2.20. The lowest BCUT2D eigenvalue weighted by molar-refractivity contribution is -0.119. The van der Waals surface area contributed by atoms with E-state index in [1.807, 2.05) is 13.8 Å². The number of amides is 2. The number of benzene rings is 1. The Balaban J connectivity index is 2.47. The van der Waals surface area contributed by atoms with Gasteiger partial charge in [0.05, 0.1) is 13.0 Å². The number of rotatable bonds is 5. The molecular weight excluding hydrogens is 244 g/mol. The van der Waals surface area contributed by atoms with E-state index >= 15 is 0 Å². The predicted molar refractivity (Wildman–Crippen MR) is 74.0 cm³/mol. The van der Waals surface area contributed by atoms with Crippen LogP contribution in [0.25, 0.3) is 0 Å². The van der Waals surface area contributed by atoms with E-state index in [1.54, 1.807) is 31.3 Å². The van der Waals surface area contributed by atoms with Gasteiger partial charge in [-0.15, -0.1) is 0 Å². The summed E-state index contributed by atoms with van der Waals surface area (Å²) in [6, 6.07) is 7.09. The van der Waals surface area contributed by atoms with Crippen LogP contribution in [0.5, 0.6) is 0 Å². The molecule has 0 radical (unpaired) electrons. The Kier molecular flexibility index (Phi) is 5.85. The number of nitrogens with one attached hydrogen (secondary N) is 2. The third-order valence-corrected chi connectivity index (χ3v) is 2.39. The first kappa shape index (κ1) is 15.0. The van der Waals surface area contributed by atoms with Crippen molar-refractivity contribution >= 4 is 17.7 Å². The van der Waals surface area contributed by atoms with E-state index in [2.05, 4.69) is 10.6 Å². The summed E-state index contributed by atoms with van der Waals surface area (Å²) < 4.78 is 5.01.